The summed E-state index contributed by atoms with van der Waals surface area (Å²) in [7, 11) is 0. The SMILES string of the molecule is CCN1C[C@]2(CC1=O)CN(C(=O)c1cnccn1)CCN(C(=O)C(C)C)C2. The number of rotatable bonds is 3. The van der Waals surface area contributed by atoms with Gasteiger partial charge in [-0.1, -0.05) is 13.8 Å². The summed E-state index contributed by atoms with van der Waals surface area (Å²) < 4.78 is 0. The zero-order chi connectivity index (χ0) is 19.6. The molecule has 3 heterocycles. The fraction of sp³-hybridized carbons (Fsp3) is 0.632. The molecule has 2 saturated heterocycles. The summed E-state index contributed by atoms with van der Waals surface area (Å²) in [5.74, 6) is -0.179. The number of carbonyl (C=O) groups excluding carboxylic acids is 3. The Morgan fingerprint density at radius 1 is 1.15 bits per heavy atom. The molecule has 0 aliphatic carbocycles. The van der Waals surface area contributed by atoms with Gasteiger partial charge in [0.25, 0.3) is 5.91 Å². The Hall–Kier alpha value is -2.51. The molecule has 27 heavy (non-hydrogen) atoms. The zero-order valence-corrected chi connectivity index (χ0v) is 16.2. The lowest BCUT2D eigenvalue weighted by Gasteiger charge is -2.34. The molecule has 0 unspecified atom stereocenters. The lowest BCUT2D eigenvalue weighted by atomic mass is 9.85. The summed E-state index contributed by atoms with van der Waals surface area (Å²) >= 11 is 0. The van der Waals surface area contributed by atoms with E-state index in [1.807, 2.05) is 30.6 Å². The molecular weight excluding hydrogens is 346 g/mol. The van der Waals surface area contributed by atoms with E-state index >= 15 is 0 Å². The average molecular weight is 373 g/mol. The van der Waals surface area contributed by atoms with Crippen molar-refractivity contribution in [2.75, 3.05) is 39.3 Å². The van der Waals surface area contributed by atoms with E-state index in [2.05, 4.69) is 9.97 Å². The Balaban J connectivity index is 1.89. The lowest BCUT2D eigenvalue weighted by Crippen LogP contribution is -2.46. The highest BCUT2D eigenvalue weighted by Gasteiger charge is 2.47. The van der Waals surface area contributed by atoms with Crippen molar-refractivity contribution in [1.82, 2.24) is 24.7 Å². The minimum Gasteiger partial charge on any atom is -0.342 e. The zero-order valence-electron chi connectivity index (χ0n) is 16.2. The monoisotopic (exact) mass is 373 g/mol. The molecule has 3 rings (SSSR count). The average Bonchev–Trinajstić information content (AvgIpc) is 2.86. The number of amides is 3. The van der Waals surface area contributed by atoms with E-state index in [4.69, 9.17) is 0 Å². The first-order valence-electron chi connectivity index (χ1n) is 9.47. The maximum Gasteiger partial charge on any atom is 0.274 e. The highest BCUT2D eigenvalue weighted by Crippen LogP contribution is 2.35. The maximum absolute atomic E-state index is 13.0. The number of carbonyl (C=O) groups is 3. The smallest absolute Gasteiger partial charge is 0.274 e. The molecule has 1 aromatic rings. The van der Waals surface area contributed by atoms with Crippen molar-refractivity contribution in [3.05, 3.63) is 24.3 Å². The van der Waals surface area contributed by atoms with Crippen molar-refractivity contribution < 1.29 is 14.4 Å². The number of aromatic nitrogens is 2. The van der Waals surface area contributed by atoms with Gasteiger partial charge in [-0.2, -0.15) is 0 Å². The number of hydrogen-bond donors (Lipinski definition) is 0. The summed E-state index contributed by atoms with van der Waals surface area (Å²) in [6.07, 6.45) is 4.83. The van der Waals surface area contributed by atoms with E-state index in [1.165, 1.54) is 18.6 Å². The van der Waals surface area contributed by atoms with Crippen LogP contribution in [0.15, 0.2) is 18.6 Å². The molecule has 0 aromatic carbocycles. The van der Waals surface area contributed by atoms with Crippen LogP contribution in [0.25, 0.3) is 0 Å². The van der Waals surface area contributed by atoms with Gasteiger partial charge < -0.3 is 14.7 Å². The fourth-order valence-electron chi connectivity index (χ4n) is 4.04. The van der Waals surface area contributed by atoms with E-state index in [0.717, 1.165) is 0 Å². The molecular formula is C19H27N5O3. The molecule has 1 aromatic heterocycles. The van der Waals surface area contributed by atoms with Gasteiger partial charge in [0.05, 0.1) is 6.20 Å². The molecule has 1 atom stereocenters. The molecule has 0 bridgehead atoms. The van der Waals surface area contributed by atoms with Gasteiger partial charge in [-0.25, -0.2) is 4.98 Å². The molecule has 2 aliphatic heterocycles. The van der Waals surface area contributed by atoms with Gasteiger partial charge in [-0.15, -0.1) is 0 Å². The normalized spacial score (nSPS) is 23.3. The van der Waals surface area contributed by atoms with Crippen LogP contribution in [0.1, 0.15) is 37.7 Å². The Bertz CT molecular complexity index is 723. The second-order valence-corrected chi connectivity index (χ2v) is 7.82. The Labute approximate surface area is 159 Å². The van der Waals surface area contributed by atoms with Crippen molar-refractivity contribution in [2.45, 2.75) is 27.2 Å². The maximum atomic E-state index is 13.0. The molecule has 8 heteroatoms. The van der Waals surface area contributed by atoms with E-state index in [9.17, 15) is 14.4 Å². The fourth-order valence-corrected chi connectivity index (χ4v) is 4.04. The van der Waals surface area contributed by atoms with Gasteiger partial charge in [0, 0.05) is 69.4 Å². The third kappa shape index (κ3) is 3.94. The first-order valence-corrected chi connectivity index (χ1v) is 9.47. The summed E-state index contributed by atoms with van der Waals surface area (Å²) in [5, 5.41) is 0. The van der Waals surface area contributed by atoms with Crippen LogP contribution in [0.4, 0.5) is 0 Å². The largest absolute Gasteiger partial charge is 0.342 e. The number of likely N-dealkylation sites (tertiary alicyclic amines) is 1. The van der Waals surface area contributed by atoms with Gasteiger partial charge in [0.15, 0.2) is 0 Å². The summed E-state index contributed by atoms with van der Waals surface area (Å²) in [6.45, 7) is 8.73. The van der Waals surface area contributed by atoms with Crippen molar-refractivity contribution in [3.63, 3.8) is 0 Å². The summed E-state index contributed by atoms with van der Waals surface area (Å²) in [5.41, 5.74) is -0.153. The molecule has 2 aliphatic rings. The van der Waals surface area contributed by atoms with Gasteiger partial charge in [0.2, 0.25) is 11.8 Å². The van der Waals surface area contributed by atoms with Crippen molar-refractivity contribution in [1.29, 1.82) is 0 Å². The molecule has 3 amide bonds. The summed E-state index contributed by atoms with van der Waals surface area (Å²) in [6, 6.07) is 0. The van der Waals surface area contributed by atoms with Gasteiger partial charge >= 0.3 is 0 Å². The van der Waals surface area contributed by atoms with Crippen LogP contribution in [-0.2, 0) is 9.59 Å². The van der Waals surface area contributed by atoms with Crippen LogP contribution in [-0.4, -0.2) is 81.7 Å². The number of nitrogens with zero attached hydrogens (tertiary/aromatic N) is 5. The molecule has 1 spiro atoms. The van der Waals surface area contributed by atoms with Crippen LogP contribution in [0.2, 0.25) is 0 Å². The highest BCUT2D eigenvalue weighted by atomic mass is 16.2. The van der Waals surface area contributed by atoms with Crippen LogP contribution < -0.4 is 0 Å². The van der Waals surface area contributed by atoms with Gasteiger partial charge in [-0.3, -0.25) is 19.4 Å². The Kier molecular flexibility index (Phi) is 5.43. The predicted octanol–water partition coefficient (Wildman–Crippen LogP) is 0.656. The van der Waals surface area contributed by atoms with Crippen molar-refractivity contribution in [3.8, 4) is 0 Å². The molecule has 0 saturated carbocycles. The van der Waals surface area contributed by atoms with Crippen LogP contribution in [0.5, 0.6) is 0 Å². The Morgan fingerprint density at radius 2 is 1.85 bits per heavy atom. The van der Waals surface area contributed by atoms with Crippen molar-refractivity contribution in [2.24, 2.45) is 11.3 Å². The van der Waals surface area contributed by atoms with Crippen LogP contribution in [0.3, 0.4) is 0 Å². The summed E-state index contributed by atoms with van der Waals surface area (Å²) in [4.78, 5) is 51.5. The third-order valence-corrected chi connectivity index (χ3v) is 5.35. The van der Waals surface area contributed by atoms with Gasteiger partial charge in [-0.05, 0) is 6.92 Å². The standard InChI is InChI=1S/C19H27N5O3/c1-4-22-11-19(9-16(22)25)12-23(17(26)14(2)3)7-8-24(13-19)18(27)15-10-20-5-6-21-15/h5-6,10,14H,4,7-9,11-13H2,1-3H3/t19-/m0/s1. The highest BCUT2D eigenvalue weighted by molar-refractivity contribution is 5.92. The van der Waals surface area contributed by atoms with Gasteiger partial charge in [0.1, 0.15) is 5.69 Å². The quantitative estimate of drug-likeness (QED) is 0.777. The Morgan fingerprint density at radius 3 is 2.44 bits per heavy atom. The minimum absolute atomic E-state index is 0.0607. The molecule has 8 nitrogen and oxygen atoms in total. The van der Waals surface area contributed by atoms with E-state index < -0.39 is 5.41 Å². The molecule has 2 fully saturated rings. The molecule has 146 valence electrons. The van der Waals surface area contributed by atoms with E-state index in [1.54, 1.807) is 4.90 Å². The van der Waals surface area contributed by atoms with E-state index in [-0.39, 0.29) is 29.3 Å². The van der Waals surface area contributed by atoms with Crippen molar-refractivity contribution >= 4 is 17.7 Å². The lowest BCUT2D eigenvalue weighted by molar-refractivity contribution is -0.135. The first kappa shape index (κ1) is 19.3. The minimum atomic E-state index is -0.438. The predicted molar refractivity (Wildman–Crippen MR) is 98.7 cm³/mol. The second-order valence-electron chi connectivity index (χ2n) is 7.82. The molecule has 0 radical (unpaired) electrons. The topological polar surface area (TPSA) is 86.7 Å². The van der Waals surface area contributed by atoms with Crippen LogP contribution >= 0.6 is 0 Å². The van der Waals surface area contributed by atoms with Crippen LogP contribution in [0, 0.1) is 11.3 Å². The first-order chi connectivity index (χ1) is 12.8. The second kappa shape index (κ2) is 7.62. The van der Waals surface area contributed by atoms with E-state index in [0.29, 0.717) is 45.7 Å². The number of hydrogen-bond acceptors (Lipinski definition) is 5. The third-order valence-electron chi connectivity index (χ3n) is 5.35. The molecule has 0 N–H and O–H groups in total.